The third-order valence-electron chi connectivity index (χ3n) is 4.48. The summed E-state index contributed by atoms with van der Waals surface area (Å²) in [7, 11) is 0. The maximum Gasteiger partial charge on any atom is 0.128 e. The van der Waals surface area contributed by atoms with Crippen molar-refractivity contribution in [3.05, 3.63) is 41.0 Å². The van der Waals surface area contributed by atoms with Crippen LogP contribution in [0.1, 0.15) is 12.1 Å². The standard InChI is InChI=1S/C15H18N4S/c1-2-5-16-15(3-1)19-7-12-4-6-18(14(12)9-19)8-13-10-20-11-17-13/h1-3,5,10-12,14H,4,6-9H2. The Bertz CT molecular complexity index is 557. The van der Waals surface area contributed by atoms with Gasteiger partial charge < -0.3 is 4.90 Å². The number of fused-ring (bicyclic) bond motifs is 1. The lowest BCUT2D eigenvalue weighted by Crippen LogP contribution is -2.35. The predicted molar refractivity (Wildman–Crippen MR) is 80.9 cm³/mol. The van der Waals surface area contributed by atoms with E-state index in [-0.39, 0.29) is 0 Å². The molecule has 2 aromatic rings. The van der Waals surface area contributed by atoms with Gasteiger partial charge in [-0.3, -0.25) is 4.90 Å². The minimum absolute atomic E-state index is 0.665. The van der Waals surface area contributed by atoms with Crippen molar-refractivity contribution < 1.29 is 0 Å². The van der Waals surface area contributed by atoms with Gasteiger partial charge in [-0.05, 0) is 31.0 Å². The number of likely N-dealkylation sites (tertiary alicyclic amines) is 1. The Labute approximate surface area is 123 Å². The largest absolute Gasteiger partial charge is 0.355 e. The third kappa shape index (κ3) is 2.21. The average molecular weight is 286 g/mol. The second kappa shape index (κ2) is 5.14. The van der Waals surface area contributed by atoms with Gasteiger partial charge >= 0.3 is 0 Å². The molecule has 2 saturated heterocycles. The minimum atomic E-state index is 0.665. The Morgan fingerprint density at radius 1 is 1.25 bits per heavy atom. The van der Waals surface area contributed by atoms with Crippen molar-refractivity contribution in [3.63, 3.8) is 0 Å². The van der Waals surface area contributed by atoms with Crippen molar-refractivity contribution in [2.45, 2.75) is 19.0 Å². The van der Waals surface area contributed by atoms with Crippen LogP contribution in [-0.2, 0) is 6.54 Å². The number of anilines is 1. The van der Waals surface area contributed by atoms with Gasteiger partial charge in [-0.15, -0.1) is 11.3 Å². The zero-order valence-corrected chi connectivity index (χ0v) is 12.2. The van der Waals surface area contributed by atoms with E-state index in [1.807, 2.05) is 17.8 Å². The Kier molecular flexibility index (Phi) is 3.16. The summed E-state index contributed by atoms with van der Waals surface area (Å²) in [4.78, 5) is 13.9. The number of pyridine rings is 1. The first-order valence-corrected chi connectivity index (χ1v) is 8.11. The van der Waals surface area contributed by atoms with E-state index in [0.29, 0.717) is 6.04 Å². The van der Waals surface area contributed by atoms with Crippen LogP contribution in [0.15, 0.2) is 35.3 Å². The van der Waals surface area contributed by atoms with E-state index in [1.54, 1.807) is 11.3 Å². The molecule has 0 aromatic carbocycles. The molecule has 0 bridgehead atoms. The topological polar surface area (TPSA) is 32.3 Å². The maximum atomic E-state index is 4.49. The first-order chi connectivity index (χ1) is 9.90. The van der Waals surface area contributed by atoms with Gasteiger partial charge in [-0.25, -0.2) is 9.97 Å². The molecular weight excluding hydrogens is 268 g/mol. The van der Waals surface area contributed by atoms with E-state index in [2.05, 4.69) is 37.3 Å². The van der Waals surface area contributed by atoms with E-state index >= 15 is 0 Å². The maximum absolute atomic E-state index is 4.49. The number of aromatic nitrogens is 2. The van der Waals surface area contributed by atoms with Gasteiger partial charge in [0.2, 0.25) is 0 Å². The summed E-state index contributed by atoms with van der Waals surface area (Å²) in [6.07, 6.45) is 3.19. The van der Waals surface area contributed by atoms with Gasteiger partial charge in [-0.1, -0.05) is 6.07 Å². The summed E-state index contributed by atoms with van der Waals surface area (Å²) in [6.45, 7) is 4.46. The zero-order valence-electron chi connectivity index (χ0n) is 11.4. The second-order valence-corrected chi connectivity index (χ2v) is 6.38. The lowest BCUT2D eigenvalue weighted by molar-refractivity contribution is 0.243. The zero-order chi connectivity index (χ0) is 13.4. The molecule has 5 heteroatoms. The smallest absolute Gasteiger partial charge is 0.128 e. The van der Waals surface area contributed by atoms with Crippen LogP contribution < -0.4 is 4.90 Å². The third-order valence-corrected chi connectivity index (χ3v) is 5.12. The van der Waals surface area contributed by atoms with Gasteiger partial charge in [0.25, 0.3) is 0 Å². The molecule has 0 aliphatic carbocycles. The van der Waals surface area contributed by atoms with Crippen LogP contribution in [0.2, 0.25) is 0 Å². The summed E-state index contributed by atoms with van der Waals surface area (Å²) >= 11 is 1.69. The van der Waals surface area contributed by atoms with E-state index in [4.69, 9.17) is 0 Å². The van der Waals surface area contributed by atoms with Gasteiger partial charge in [0, 0.05) is 37.3 Å². The number of rotatable bonds is 3. The molecule has 0 N–H and O–H groups in total. The molecule has 104 valence electrons. The first-order valence-electron chi connectivity index (χ1n) is 7.17. The SMILES string of the molecule is c1ccc(N2CC3CCN(Cc4cscn4)C3C2)nc1. The molecule has 0 spiro atoms. The minimum Gasteiger partial charge on any atom is -0.355 e. The quantitative estimate of drug-likeness (QED) is 0.866. The molecule has 0 amide bonds. The molecule has 0 saturated carbocycles. The lowest BCUT2D eigenvalue weighted by Gasteiger charge is -2.24. The van der Waals surface area contributed by atoms with Crippen LogP contribution in [0, 0.1) is 5.92 Å². The molecule has 4 nitrogen and oxygen atoms in total. The molecule has 0 radical (unpaired) electrons. The van der Waals surface area contributed by atoms with Gasteiger partial charge in [0.05, 0.1) is 11.2 Å². The van der Waals surface area contributed by atoms with Crippen LogP contribution in [0.3, 0.4) is 0 Å². The highest BCUT2D eigenvalue weighted by molar-refractivity contribution is 7.07. The fourth-order valence-corrected chi connectivity index (χ4v) is 4.05. The first kappa shape index (κ1) is 12.3. The van der Waals surface area contributed by atoms with E-state index in [9.17, 15) is 0 Å². The van der Waals surface area contributed by atoms with Crippen LogP contribution >= 0.6 is 11.3 Å². The Morgan fingerprint density at radius 3 is 3.05 bits per heavy atom. The summed E-state index contributed by atoms with van der Waals surface area (Å²) < 4.78 is 0. The van der Waals surface area contributed by atoms with Crippen molar-refractivity contribution in [2.75, 3.05) is 24.5 Å². The molecular formula is C15H18N4S. The van der Waals surface area contributed by atoms with Crippen LogP contribution in [0.5, 0.6) is 0 Å². The van der Waals surface area contributed by atoms with Gasteiger partial charge in [0.15, 0.2) is 0 Å². The second-order valence-electron chi connectivity index (χ2n) is 5.66. The summed E-state index contributed by atoms with van der Waals surface area (Å²) in [5.41, 5.74) is 3.14. The molecule has 2 atom stereocenters. The Hall–Kier alpha value is -1.46. The molecule has 2 unspecified atom stereocenters. The van der Waals surface area contributed by atoms with E-state index in [0.717, 1.165) is 31.4 Å². The highest BCUT2D eigenvalue weighted by atomic mass is 32.1. The fourth-order valence-electron chi connectivity index (χ4n) is 3.50. The monoisotopic (exact) mass is 286 g/mol. The van der Waals surface area contributed by atoms with Crippen molar-refractivity contribution in [1.82, 2.24) is 14.9 Å². The van der Waals surface area contributed by atoms with Crippen LogP contribution in [0.4, 0.5) is 5.82 Å². The molecule has 2 aromatic heterocycles. The average Bonchev–Trinajstić information content (AvgIpc) is 3.19. The normalized spacial score (nSPS) is 26.1. The Balaban J connectivity index is 1.47. The highest BCUT2D eigenvalue weighted by Crippen LogP contribution is 2.34. The number of nitrogens with zero attached hydrogens (tertiary/aromatic N) is 4. The molecule has 2 fully saturated rings. The summed E-state index contributed by atoms with van der Waals surface area (Å²) in [6, 6.07) is 6.84. The summed E-state index contributed by atoms with van der Waals surface area (Å²) in [5, 5.41) is 2.17. The molecule has 2 aliphatic heterocycles. The number of hydrogen-bond donors (Lipinski definition) is 0. The molecule has 4 rings (SSSR count). The molecule has 2 aliphatic rings. The van der Waals surface area contributed by atoms with Gasteiger partial charge in [0.1, 0.15) is 5.82 Å². The van der Waals surface area contributed by atoms with E-state index < -0.39 is 0 Å². The summed E-state index contributed by atoms with van der Waals surface area (Å²) in [5.74, 6) is 1.91. The fraction of sp³-hybridized carbons (Fsp3) is 0.467. The number of thiazole rings is 1. The molecule has 4 heterocycles. The lowest BCUT2D eigenvalue weighted by atomic mass is 10.1. The van der Waals surface area contributed by atoms with Crippen molar-refractivity contribution in [1.29, 1.82) is 0 Å². The van der Waals surface area contributed by atoms with Crippen molar-refractivity contribution in [3.8, 4) is 0 Å². The van der Waals surface area contributed by atoms with Crippen molar-refractivity contribution >= 4 is 17.2 Å². The Morgan fingerprint density at radius 2 is 2.25 bits per heavy atom. The number of hydrogen-bond acceptors (Lipinski definition) is 5. The van der Waals surface area contributed by atoms with Crippen LogP contribution in [0.25, 0.3) is 0 Å². The molecule has 20 heavy (non-hydrogen) atoms. The van der Waals surface area contributed by atoms with Crippen LogP contribution in [-0.4, -0.2) is 40.5 Å². The van der Waals surface area contributed by atoms with E-state index in [1.165, 1.54) is 18.7 Å². The predicted octanol–water partition coefficient (Wildman–Crippen LogP) is 2.25. The van der Waals surface area contributed by atoms with Gasteiger partial charge in [-0.2, -0.15) is 0 Å². The van der Waals surface area contributed by atoms with Crippen molar-refractivity contribution in [2.24, 2.45) is 5.92 Å². The highest BCUT2D eigenvalue weighted by Gasteiger charge is 2.41.